The molecular weight excluding hydrogens is 172 g/mol. The zero-order valence-electron chi connectivity index (χ0n) is 7.79. The SMILES string of the molecule is CCCC(C=O)NC(=O)C(=O)NC. The van der Waals surface area contributed by atoms with Gasteiger partial charge in [0.05, 0.1) is 6.04 Å². The number of carbonyl (C=O) groups excluding carboxylic acids is 3. The summed E-state index contributed by atoms with van der Waals surface area (Å²) in [6, 6.07) is -0.560. The van der Waals surface area contributed by atoms with Crippen molar-refractivity contribution in [2.75, 3.05) is 7.05 Å². The average molecular weight is 186 g/mol. The minimum Gasteiger partial charge on any atom is -0.351 e. The summed E-state index contributed by atoms with van der Waals surface area (Å²) in [5.41, 5.74) is 0. The molecule has 0 aliphatic heterocycles. The Kier molecular flexibility index (Phi) is 5.50. The molecule has 0 bridgehead atoms. The third-order valence-electron chi connectivity index (χ3n) is 1.51. The summed E-state index contributed by atoms with van der Waals surface area (Å²) in [4.78, 5) is 32.1. The topological polar surface area (TPSA) is 75.3 Å². The third kappa shape index (κ3) is 4.25. The summed E-state index contributed by atoms with van der Waals surface area (Å²) >= 11 is 0. The highest BCUT2D eigenvalue weighted by Gasteiger charge is 2.15. The molecule has 2 N–H and O–H groups in total. The Bertz CT molecular complexity index is 204. The molecule has 0 saturated heterocycles. The van der Waals surface area contributed by atoms with E-state index in [-0.39, 0.29) is 0 Å². The van der Waals surface area contributed by atoms with Gasteiger partial charge in [-0.3, -0.25) is 9.59 Å². The highest BCUT2D eigenvalue weighted by atomic mass is 16.2. The minimum absolute atomic E-state index is 0.548. The molecule has 5 nitrogen and oxygen atoms in total. The lowest BCUT2D eigenvalue weighted by Crippen LogP contribution is -2.44. The Morgan fingerprint density at radius 2 is 2.00 bits per heavy atom. The van der Waals surface area contributed by atoms with Gasteiger partial charge in [0.1, 0.15) is 6.29 Å². The van der Waals surface area contributed by atoms with E-state index >= 15 is 0 Å². The van der Waals surface area contributed by atoms with Crippen LogP contribution in [0, 0.1) is 0 Å². The molecule has 0 heterocycles. The first-order valence-electron chi connectivity index (χ1n) is 4.13. The van der Waals surface area contributed by atoms with Crippen molar-refractivity contribution in [2.24, 2.45) is 0 Å². The van der Waals surface area contributed by atoms with Gasteiger partial charge >= 0.3 is 11.8 Å². The number of likely N-dealkylation sites (N-methyl/N-ethyl adjacent to an activating group) is 1. The van der Waals surface area contributed by atoms with Crippen LogP contribution in [0.2, 0.25) is 0 Å². The van der Waals surface area contributed by atoms with E-state index in [9.17, 15) is 14.4 Å². The van der Waals surface area contributed by atoms with Gasteiger partial charge < -0.3 is 15.4 Å². The van der Waals surface area contributed by atoms with Gasteiger partial charge in [-0.25, -0.2) is 0 Å². The molecule has 0 aromatic carbocycles. The molecule has 1 unspecified atom stereocenters. The summed E-state index contributed by atoms with van der Waals surface area (Å²) in [5, 5.41) is 4.47. The summed E-state index contributed by atoms with van der Waals surface area (Å²) < 4.78 is 0. The first-order valence-corrected chi connectivity index (χ1v) is 4.13. The van der Waals surface area contributed by atoms with Crippen LogP contribution in [-0.2, 0) is 14.4 Å². The van der Waals surface area contributed by atoms with Crippen molar-refractivity contribution >= 4 is 18.1 Å². The van der Waals surface area contributed by atoms with E-state index in [1.54, 1.807) is 0 Å². The summed E-state index contributed by atoms with van der Waals surface area (Å²) in [6.45, 7) is 1.89. The van der Waals surface area contributed by atoms with Crippen LogP contribution in [-0.4, -0.2) is 31.2 Å². The van der Waals surface area contributed by atoms with Gasteiger partial charge in [0.15, 0.2) is 0 Å². The first kappa shape index (κ1) is 11.6. The Morgan fingerprint density at radius 1 is 1.38 bits per heavy atom. The van der Waals surface area contributed by atoms with Crippen LogP contribution in [0.15, 0.2) is 0 Å². The molecule has 0 aromatic rings. The van der Waals surface area contributed by atoms with E-state index in [0.717, 1.165) is 6.42 Å². The predicted molar refractivity (Wildman–Crippen MR) is 47.0 cm³/mol. The average Bonchev–Trinajstić information content (AvgIpc) is 2.15. The van der Waals surface area contributed by atoms with Gasteiger partial charge in [-0.15, -0.1) is 0 Å². The largest absolute Gasteiger partial charge is 0.351 e. The van der Waals surface area contributed by atoms with Gasteiger partial charge in [0, 0.05) is 7.05 Å². The van der Waals surface area contributed by atoms with Crippen LogP contribution in [0.25, 0.3) is 0 Å². The molecule has 0 saturated carbocycles. The molecule has 0 fully saturated rings. The smallest absolute Gasteiger partial charge is 0.309 e. The van der Waals surface area contributed by atoms with E-state index in [1.165, 1.54) is 7.05 Å². The standard InChI is InChI=1S/C8H14N2O3/c1-3-4-6(5-11)10-8(13)7(12)9-2/h5-6H,3-4H2,1-2H3,(H,9,12)(H,10,13). The molecule has 0 rings (SSSR count). The van der Waals surface area contributed by atoms with Crippen molar-refractivity contribution < 1.29 is 14.4 Å². The fraction of sp³-hybridized carbons (Fsp3) is 0.625. The van der Waals surface area contributed by atoms with Gasteiger partial charge in [0.2, 0.25) is 0 Å². The maximum Gasteiger partial charge on any atom is 0.309 e. The van der Waals surface area contributed by atoms with Crippen LogP contribution in [0.4, 0.5) is 0 Å². The molecule has 0 aromatic heterocycles. The number of amides is 2. The fourth-order valence-electron chi connectivity index (χ4n) is 0.833. The maximum atomic E-state index is 10.9. The van der Waals surface area contributed by atoms with E-state index < -0.39 is 17.9 Å². The van der Waals surface area contributed by atoms with E-state index in [2.05, 4.69) is 10.6 Å². The molecule has 5 heteroatoms. The minimum atomic E-state index is -0.770. The number of hydrogen-bond donors (Lipinski definition) is 2. The molecule has 0 aliphatic carbocycles. The molecule has 13 heavy (non-hydrogen) atoms. The molecule has 0 radical (unpaired) electrons. The van der Waals surface area contributed by atoms with E-state index in [0.29, 0.717) is 12.7 Å². The van der Waals surface area contributed by atoms with Crippen molar-refractivity contribution in [3.63, 3.8) is 0 Å². The molecule has 0 spiro atoms. The Labute approximate surface area is 76.9 Å². The normalized spacial score (nSPS) is 11.5. The zero-order chi connectivity index (χ0) is 10.3. The lowest BCUT2D eigenvalue weighted by molar-refractivity contribution is -0.139. The van der Waals surface area contributed by atoms with Crippen LogP contribution < -0.4 is 10.6 Å². The molecule has 74 valence electrons. The number of rotatable bonds is 4. The van der Waals surface area contributed by atoms with E-state index in [4.69, 9.17) is 0 Å². The van der Waals surface area contributed by atoms with E-state index in [1.807, 2.05) is 6.92 Å². The fourth-order valence-corrected chi connectivity index (χ4v) is 0.833. The van der Waals surface area contributed by atoms with Crippen LogP contribution in [0.1, 0.15) is 19.8 Å². The predicted octanol–water partition coefficient (Wildman–Crippen LogP) is -0.784. The molecular formula is C8H14N2O3. The molecule has 2 amide bonds. The highest BCUT2D eigenvalue weighted by Crippen LogP contribution is 1.92. The van der Waals surface area contributed by atoms with Gasteiger partial charge in [-0.1, -0.05) is 13.3 Å². The van der Waals surface area contributed by atoms with Gasteiger partial charge in [-0.05, 0) is 6.42 Å². The van der Waals surface area contributed by atoms with Crippen molar-refractivity contribution in [1.82, 2.24) is 10.6 Å². The quantitative estimate of drug-likeness (QED) is 0.446. The number of nitrogens with one attached hydrogen (secondary N) is 2. The maximum absolute atomic E-state index is 10.9. The monoisotopic (exact) mass is 186 g/mol. The summed E-state index contributed by atoms with van der Waals surface area (Å²) in [7, 11) is 1.36. The van der Waals surface area contributed by atoms with Gasteiger partial charge in [-0.2, -0.15) is 0 Å². The van der Waals surface area contributed by atoms with Crippen LogP contribution in [0.5, 0.6) is 0 Å². The lowest BCUT2D eigenvalue weighted by Gasteiger charge is -2.09. The van der Waals surface area contributed by atoms with Crippen molar-refractivity contribution in [2.45, 2.75) is 25.8 Å². The first-order chi connectivity index (χ1) is 6.15. The second-order valence-electron chi connectivity index (χ2n) is 2.58. The lowest BCUT2D eigenvalue weighted by atomic mass is 10.2. The van der Waals surface area contributed by atoms with Crippen LogP contribution in [0.3, 0.4) is 0 Å². The van der Waals surface area contributed by atoms with Crippen molar-refractivity contribution in [3.05, 3.63) is 0 Å². The van der Waals surface area contributed by atoms with Crippen molar-refractivity contribution in [1.29, 1.82) is 0 Å². The Balaban J connectivity index is 4.00. The third-order valence-corrected chi connectivity index (χ3v) is 1.51. The Hall–Kier alpha value is -1.39. The second kappa shape index (κ2) is 6.16. The highest BCUT2D eigenvalue weighted by molar-refractivity contribution is 6.35. The number of hydrogen-bond acceptors (Lipinski definition) is 3. The second-order valence-corrected chi connectivity index (χ2v) is 2.58. The number of aldehydes is 1. The van der Waals surface area contributed by atoms with Crippen LogP contribution >= 0.6 is 0 Å². The zero-order valence-corrected chi connectivity index (χ0v) is 7.79. The Morgan fingerprint density at radius 3 is 2.38 bits per heavy atom. The molecule has 1 atom stereocenters. The summed E-state index contributed by atoms with van der Waals surface area (Å²) in [5.74, 6) is -1.50. The number of carbonyl (C=O) groups is 3. The molecule has 0 aliphatic rings. The summed E-state index contributed by atoms with van der Waals surface area (Å²) in [6.07, 6.45) is 1.95. The van der Waals surface area contributed by atoms with Gasteiger partial charge in [0.25, 0.3) is 0 Å². The van der Waals surface area contributed by atoms with Crippen molar-refractivity contribution in [3.8, 4) is 0 Å².